The topological polar surface area (TPSA) is 67.9 Å². The van der Waals surface area contributed by atoms with E-state index in [9.17, 15) is 9.59 Å². The van der Waals surface area contributed by atoms with Crippen molar-refractivity contribution >= 4 is 11.8 Å². The Kier molecular flexibility index (Phi) is 2.83. The van der Waals surface area contributed by atoms with Crippen LogP contribution < -0.4 is 5.32 Å². The molecule has 1 spiro atoms. The number of nitrogens with zero attached hydrogens (tertiary/aromatic N) is 1. The zero-order valence-electron chi connectivity index (χ0n) is 11.4. The molecule has 0 bridgehead atoms. The van der Waals surface area contributed by atoms with Crippen molar-refractivity contribution in [3.63, 3.8) is 0 Å². The van der Waals surface area contributed by atoms with Crippen molar-refractivity contribution in [1.29, 1.82) is 0 Å². The second-order valence-electron chi connectivity index (χ2n) is 6.33. The van der Waals surface area contributed by atoms with Crippen LogP contribution in [-0.4, -0.2) is 54.8 Å². The summed E-state index contributed by atoms with van der Waals surface area (Å²) >= 11 is 0. The predicted octanol–water partition coefficient (Wildman–Crippen LogP) is -0.123. The molecule has 0 radical (unpaired) electrons. The molecule has 19 heavy (non-hydrogen) atoms. The van der Waals surface area contributed by atoms with Crippen LogP contribution in [0.4, 0.5) is 0 Å². The molecule has 6 heteroatoms. The molecule has 106 valence electrons. The third-order valence-electron chi connectivity index (χ3n) is 4.11. The van der Waals surface area contributed by atoms with E-state index >= 15 is 0 Å². The highest BCUT2D eigenvalue weighted by Gasteiger charge is 2.51. The number of hydrogen-bond acceptors (Lipinski definition) is 4. The first-order chi connectivity index (χ1) is 8.89. The molecule has 3 rings (SSSR count). The van der Waals surface area contributed by atoms with Crippen molar-refractivity contribution in [2.24, 2.45) is 5.41 Å². The van der Waals surface area contributed by atoms with Gasteiger partial charge >= 0.3 is 0 Å². The van der Waals surface area contributed by atoms with Crippen LogP contribution in [0.3, 0.4) is 0 Å². The van der Waals surface area contributed by atoms with Gasteiger partial charge in [-0.1, -0.05) is 0 Å². The van der Waals surface area contributed by atoms with E-state index in [0.717, 1.165) is 0 Å². The van der Waals surface area contributed by atoms with Gasteiger partial charge in [-0.2, -0.15) is 0 Å². The molecule has 0 aromatic rings. The molecule has 0 aromatic heterocycles. The lowest BCUT2D eigenvalue weighted by molar-refractivity contribution is -0.303. The molecule has 3 aliphatic rings. The lowest BCUT2D eigenvalue weighted by Crippen LogP contribution is -2.67. The van der Waals surface area contributed by atoms with Gasteiger partial charge in [0.15, 0.2) is 5.79 Å². The number of nitrogens with one attached hydrogen (secondary N) is 1. The smallest absolute Gasteiger partial charge is 0.245 e. The van der Waals surface area contributed by atoms with Crippen molar-refractivity contribution in [1.82, 2.24) is 10.2 Å². The van der Waals surface area contributed by atoms with Gasteiger partial charge in [0, 0.05) is 19.5 Å². The largest absolute Gasteiger partial charge is 0.350 e. The fourth-order valence-electron chi connectivity index (χ4n) is 2.86. The zero-order chi connectivity index (χ0) is 13.7. The number of amides is 2. The van der Waals surface area contributed by atoms with Crippen molar-refractivity contribution in [2.75, 3.05) is 26.3 Å². The third-order valence-corrected chi connectivity index (χ3v) is 4.11. The molecule has 1 unspecified atom stereocenters. The molecule has 3 heterocycles. The first-order valence-electron chi connectivity index (χ1n) is 6.75. The molecule has 0 aromatic carbocycles. The van der Waals surface area contributed by atoms with Crippen LogP contribution in [0.1, 0.15) is 26.7 Å². The Bertz CT molecular complexity index is 403. The molecule has 3 aliphatic heterocycles. The zero-order valence-corrected chi connectivity index (χ0v) is 11.4. The van der Waals surface area contributed by atoms with Gasteiger partial charge in [0.05, 0.1) is 18.6 Å². The maximum atomic E-state index is 12.2. The summed E-state index contributed by atoms with van der Waals surface area (Å²) in [6, 6.07) is -0.327. The van der Waals surface area contributed by atoms with Crippen molar-refractivity contribution < 1.29 is 19.1 Å². The molecule has 1 atom stereocenters. The Morgan fingerprint density at radius 1 is 1.32 bits per heavy atom. The van der Waals surface area contributed by atoms with Crippen LogP contribution in [0.2, 0.25) is 0 Å². The van der Waals surface area contributed by atoms with Crippen molar-refractivity contribution in [3.8, 4) is 0 Å². The molecule has 3 saturated heterocycles. The quantitative estimate of drug-likeness (QED) is 0.720. The second kappa shape index (κ2) is 4.18. The average Bonchev–Trinajstić information content (AvgIpc) is 2.73. The Morgan fingerprint density at radius 2 is 1.95 bits per heavy atom. The lowest BCUT2D eigenvalue weighted by atomic mass is 9.80. The van der Waals surface area contributed by atoms with Crippen LogP contribution in [0, 0.1) is 5.41 Å². The summed E-state index contributed by atoms with van der Waals surface area (Å²) in [6.45, 7) is 6.37. The summed E-state index contributed by atoms with van der Waals surface area (Å²) in [7, 11) is 0. The fourth-order valence-corrected chi connectivity index (χ4v) is 2.86. The van der Waals surface area contributed by atoms with E-state index in [4.69, 9.17) is 9.47 Å². The highest BCUT2D eigenvalue weighted by atomic mass is 16.7. The fraction of sp³-hybridized carbons (Fsp3) is 0.846. The van der Waals surface area contributed by atoms with E-state index in [0.29, 0.717) is 39.1 Å². The summed E-state index contributed by atoms with van der Waals surface area (Å²) in [5, 5.41) is 2.71. The van der Waals surface area contributed by atoms with Gasteiger partial charge in [0.1, 0.15) is 6.04 Å². The molecule has 0 aliphatic carbocycles. The summed E-state index contributed by atoms with van der Waals surface area (Å²) in [5.74, 6) is -0.518. The lowest BCUT2D eigenvalue weighted by Gasteiger charge is -2.54. The highest BCUT2D eigenvalue weighted by molar-refractivity contribution is 5.91. The van der Waals surface area contributed by atoms with Gasteiger partial charge in [-0.15, -0.1) is 0 Å². The summed E-state index contributed by atoms with van der Waals surface area (Å²) < 4.78 is 11.3. The number of ether oxygens (including phenoxy) is 2. The molecule has 0 saturated carbocycles. The first-order valence-corrected chi connectivity index (χ1v) is 6.75. The summed E-state index contributed by atoms with van der Waals surface area (Å²) in [4.78, 5) is 25.1. The van der Waals surface area contributed by atoms with Crippen LogP contribution in [0.15, 0.2) is 0 Å². The Labute approximate surface area is 112 Å². The normalized spacial score (nSPS) is 32.0. The van der Waals surface area contributed by atoms with Crippen LogP contribution in [-0.2, 0) is 19.1 Å². The Morgan fingerprint density at radius 3 is 2.47 bits per heavy atom. The maximum absolute atomic E-state index is 12.2. The van der Waals surface area contributed by atoms with Gasteiger partial charge in [0.25, 0.3) is 0 Å². The molecule has 6 nitrogen and oxygen atoms in total. The monoisotopic (exact) mass is 268 g/mol. The van der Waals surface area contributed by atoms with Gasteiger partial charge in [-0.25, -0.2) is 0 Å². The van der Waals surface area contributed by atoms with Gasteiger partial charge in [-0.3, -0.25) is 9.59 Å². The molecular formula is C13H20N2O4. The van der Waals surface area contributed by atoms with Crippen molar-refractivity contribution in [3.05, 3.63) is 0 Å². The van der Waals surface area contributed by atoms with Crippen LogP contribution in [0.5, 0.6) is 0 Å². The number of carbonyl (C=O) groups excluding carboxylic acids is 2. The number of likely N-dealkylation sites (tertiary alicyclic amines) is 1. The minimum Gasteiger partial charge on any atom is -0.350 e. The molecule has 1 N–H and O–H groups in total. The number of hydrogen-bond donors (Lipinski definition) is 1. The third kappa shape index (κ3) is 2.34. The van der Waals surface area contributed by atoms with Gasteiger partial charge < -0.3 is 19.7 Å². The molecule has 2 amide bonds. The van der Waals surface area contributed by atoms with Gasteiger partial charge in [-0.05, 0) is 20.3 Å². The minimum absolute atomic E-state index is 0.0281. The van der Waals surface area contributed by atoms with Crippen LogP contribution in [0.25, 0.3) is 0 Å². The molecule has 3 fully saturated rings. The standard InChI is InChI=1S/C13H20N2O4/c1-12(2)18-7-13(8-19-12)5-15(6-13)11(17)9-3-4-10(16)14-9/h9H,3-8H2,1-2H3,(H,14,16). The van der Waals surface area contributed by atoms with Crippen molar-refractivity contribution in [2.45, 2.75) is 38.5 Å². The maximum Gasteiger partial charge on any atom is 0.245 e. The van der Waals surface area contributed by atoms with E-state index in [2.05, 4.69) is 5.32 Å². The highest BCUT2D eigenvalue weighted by Crippen LogP contribution is 2.38. The first kappa shape index (κ1) is 12.9. The predicted molar refractivity (Wildman–Crippen MR) is 66.2 cm³/mol. The van der Waals surface area contributed by atoms with E-state index < -0.39 is 5.79 Å². The van der Waals surface area contributed by atoms with Crippen LogP contribution >= 0.6 is 0 Å². The summed E-state index contributed by atoms with van der Waals surface area (Å²) in [6.07, 6.45) is 1.07. The minimum atomic E-state index is -0.519. The Hall–Kier alpha value is -1.14. The van der Waals surface area contributed by atoms with E-state index in [1.807, 2.05) is 13.8 Å². The van der Waals surface area contributed by atoms with E-state index in [1.54, 1.807) is 4.90 Å². The molecular weight excluding hydrogens is 248 g/mol. The Balaban J connectivity index is 1.53. The average molecular weight is 268 g/mol. The SMILES string of the molecule is CC1(C)OCC2(CO1)CN(C(=O)C1CCC(=O)N1)C2. The van der Waals surface area contributed by atoms with Gasteiger partial charge in [0.2, 0.25) is 11.8 Å². The summed E-state index contributed by atoms with van der Waals surface area (Å²) in [5.41, 5.74) is -0.0478. The van der Waals surface area contributed by atoms with E-state index in [-0.39, 0.29) is 23.3 Å². The number of carbonyl (C=O) groups is 2. The second-order valence-corrected chi connectivity index (χ2v) is 6.33. The van der Waals surface area contributed by atoms with E-state index in [1.165, 1.54) is 0 Å². The number of rotatable bonds is 1.